The molecule has 2 aromatic carbocycles. The summed E-state index contributed by atoms with van der Waals surface area (Å²) in [6.45, 7) is 0. The molecule has 0 fully saturated rings. The largest absolute Gasteiger partial charge is 0.439 e. The fourth-order valence-corrected chi connectivity index (χ4v) is 2.47. The highest BCUT2D eigenvalue weighted by atomic mass is 32.2. The molecule has 1 aromatic heterocycles. The van der Waals surface area contributed by atoms with Gasteiger partial charge >= 0.3 is 0 Å². The number of hydrogen-bond donors (Lipinski definition) is 1. The molecule has 0 aliphatic rings. The van der Waals surface area contributed by atoms with Crippen molar-refractivity contribution in [1.82, 2.24) is 4.98 Å². The lowest BCUT2D eigenvalue weighted by Gasteiger charge is -2.06. The second-order valence-corrected chi connectivity index (χ2v) is 5.84. The van der Waals surface area contributed by atoms with Crippen molar-refractivity contribution in [2.75, 3.05) is 0 Å². The number of fused-ring (bicyclic) bond motifs is 1. The Balaban J connectivity index is 1.98. The van der Waals surface area contributed by atoms with E-state index >= 15 is 0 Å². The highest BCUT2D eigenvalue weighted by Crippen LogP contribution is 2.26. The molecular formula is C15H11NO4S. The molecule has 5 nitrogen and oxygen atoms in total. The van der Waals surface area contributed by atoms with Gasteiger partial charge in [0.2, 0.25) is 5.88 Å². The molecule has 6 heteroatoms. The van der Waals surface area contributed by atoms with E-state index in [4.69, 9.17) is 9.29 Å². The smallest absolute Gasteiger partial charge is 0.294 e. The Kier molecular flexibility index (Phi) is 3.32. The summed E-state index contributed by atoms with van der Waals surface area (Å²) in [5, 5.41) is 1.49. The van der Waals surface area contributed by atoms with Gasteiger partial charge in [0.05, 0.1) is 4.90 Å². The van der Waals surface area contributed by atoms with Crippen molar-refractivity contribution in [3.05, 3.63) is 60.8 Å². The summed E-state index contributed by atoms with van der Waals surface area (Å²) < 4.78 is 36.9. The van der Waals surface area contributed by atoms with Crippen LogP contribution < -0.4 is 4.74 Å². The van der Waals surface area contributed by atoms with Crippen LogP contribution >= 0.6 is 0 Å². The predicted octanol–water partition coefficient (Wildman–Crippen LogP) is 3.27. The van der Waals surface area contributed by atoms with E-state index in [9.17, 15) is 8.42 Å². The summed E-state index contributed by atoms with van der Waals surface area (Å²) >= 11 is 0. The number of rotatable bonds is 3. The molecule has 0 spiro atoms. The van der Waals surface area contributed by atoms with Crippen LogP contribution in [0.15, 0.2) is 65.7 Å². The maximum atomic E-state index is 11.1. The van der Waals surface area contributed by atoms with Gasteiger partial charge in [-0.05, 0) is 41.1 Å². The first-order chi connectivity index (χ1) is 10.0. The Hall–Kier alpha value is -2.44. The molecule has 0 atom stereocenters. The molecule has 1 N–H and O–H groups in total. The topological polar surface area (TPSA) is 76.5 Å². The van der Waals surface area contributed by atoms with Crippen LogP contribution in [0.1, 0.15) is 0 Å². The molecule has 0 saturated heterocycles. The normalized spacial score (nSPS) is 11.5. The molecular weight excluding hydrogens is 290 g/mol. The van der Waals surface area contributed by atoms with E-state index < -0.39 is 10.1 Å². The van der Waals surface area contributed by atoms with Crippen molar-refractivity contribution in [2.45, 2.75) is 4.90 Å². The third-order valence-electron chi connectivity index (χ3n) is 2.94. The highest BCUT2D eigenvalue weighted by Gasteiger charge is 2.10. The van der Waals surface area contributed by atoms with Crippen molar-refractivity contribution < 1.29 is 17.7 Å². The molecule has 3 rings (SSSR count). The van der Waals surface area contributed by atoms with Gasteiger partial charge in [-0.25, -0.2) is 4.98 Å². The zero-order chi connectivity index (χ0) is 14.9. The van der Waals surface area contributed by atoms with E-state index in [2.05, 4.69) is 4.98 Å². The van der Waals surface area contributed by atoms with Crippen LogP contribution in [0, 0.1) is 0 Å². The summed E-state index contributed by atoms with van der Waals surface area (Å²) in [7, 11) is -4.19. The van der Waals surface area contributed by atoms with E-state index in [1.165, 1.54) is 12.1 Å². The molecule has 0 aliphatic heterocycles. The predicted molar refractivity (Wildman–Crippen MR) is 78.1 cm³/mol. The number of nitrogens with zero attached hydrogens (tertiary/aromatic N) is 1. The minimum absolute atomic E-state index is 0.131. The zero-order valence-corrected chi connectivity index (χ0v) is 11.6. The first-order valence-electron chi connectivity index (χ1n) is 6.12. The van der Waals surface area contributed by atoms with E-state index in [0.717, 1.165) is 5.39 Å². The second-order valence-electron chi connectivity index (χ2n) is 4.42. The summed E-state index contributed by atoms with van der Waals surface area (Å²) in [6.07, 6.45) is 1.63. The van der Waals surface area contributed by atoms with Crippen LogP contribution in [-0.2, 0) is 10.1 Å². The van der Waals surface area contributed by atoms with E-state index in [0.29, 0.717) is 17.0 Å². The summed E-state index contributed by atoms with van der Waals surface area (Å²) in [5.74, 6) is 1.08. The quantitative estimate of drug-likeness (QED) is 0.751. The fourth-order valence-electron chi connectivity index (χ4n) is 1.95. The van der Waals surface area contributed by atoms with Crippen molar-refractivity contribution in [3.8, 4) is 11.6 Å². The SMILES string of the molecule is O=S(=O)(O)c1ccc2cc(Oc3ccccn3)ccc2c1. The summed E-state index contributed by atoms with van der Waals surface area (Å²) in [6, 6.07) is 14.9. The lowest BCUT2D eigenvalue weighted by atomic mass is 10.1. The maximum Gasteiger partial charge on any atom is 0.294 e. The number of ether oxygens (including phenoxy) is 1. The number of aromatic nitrogens is 1. The van der Waals surface area contributed by atoms with Gasteiger partial charge in [-0.3, -0.25) is 4.55 Å². The summed E-state index contributed by atoms with van der Waals surface area (Å²) in [5.41, 5.74) is 0. The third-order valence-corrected chi connectivity index (χ3v) is 3.79. The third kappa shape index (κ3) is 3.01. The molecule has 3 aromatic rings. The van der Waals surface area contributed by atoms with Crippen LogP contribution in [0.5, 0.6) is 11.6 Å². The first-order valence-corrected chi connectivity index (χ1v) is 7.56. The van der Waals surface area contributed by atoms with Crippen molar-refractivity contribution in [3.63, 3.8) is 0 Å². The molecule has 21 heavy (non-hydrogen) atoms. The van der Waals surface area contributed by atoms with Crippen LogP contribution in [-0.4, -0.2) is 18.0 Å². The van der Waals surface area contributed by atoms with Crippen LogP contribution in [0.2, 0.25) is 0 Å². The average Bonchev–Trinajstić information content (AvgIpc) is 2.47. The second kappa shape index (κ2) is 5.16. The Labute approximate surface area is 121 Å². The Morgan fingerprint density at radius 3 is 2.43 bits per heavy atom. The molecule has 106 valence electrons. The lowest BCUT2D eigenvalue weighted by Crippen LogP contribution is -1.97. The molecule has 0 radical (unpaired) electrons. The van der Waals surface area contributed by atoms with Crippen molar-refractivity contribution >= 4 is 20.9 Å². The van der Waals surface area contributed by atoms with Crippen molar-refractivity contribution in [2.24, 2.45) is 0 Å². The van der Waals surface area contributed by atoms with E-state index in [-0.39, 0.29) is 4.90 Å². The van der Waals surface area contributed by atoms with Crippen LogP contribution in [0.25, 0.3) is 10.8 Å². The number of benzene rings is 2. The van der Waals surface area contributed by atoms with Gasteiger partial charge in [0.1, 0.15) is 5.75 Å². The Morgan fingerprint density at radius 1 is 0.952 bits per heavy atom. The Morgan fingerprint density at radius 2 is 1.71 bits per heavy atom. The number of hydrogen-bond acceptors (Lipinski definition) is 4. The van der Waals surface area contributed by atoms with E-state index in [1.807, 2.05) is 6.07 Å². The van der Waals surface area contributed by atoms with Gasteiger partial charge in [0, 0.05) is 12.3 Å². The lowest BCUT2D eigenvalue weighted by molar-refractivity contribution is 0.463. The highest BCUT2D eigenvalue weighted by molar-refractivity contribution is 7.85. The zero-order valence-electron chi connectivity index (χ0n) is 10.8. The average molecular weight is 301 g/mol. The molecule has 0 saturated carbocycles. The van der Waals surface area contributed by atoms with Crippen molar-refractivity contribution in [1.29, 1.82) is 0 Å². The minimum atomic E-state index is -4.19. The van der Waals surface area contributed by atoms with Crippen LogP contribution in [0.3, 0.4) is 0 Å². The maximum absolute atomic E-state index is 11.1. The van der Waals surface area contributed by atoms with Gasteiger partial charge in [0.25, 0.3) is 10.1 Å². The van der Waals surface area contributed by atoms with Gasteiger partial charge in [-0.15, -0.1) is 0 Å². The van der Waals surface area contributed by atoms with Gasteiger partial charge < -0.3 is 4.74 Å². The van der Waals surface area contributed by atoms with Gasteiger partial charge in [-0.1, -0.05) is 18.2 Å². The molecule has 0 amide bonds. The number of pyridine rings is 1. The van der Waals surface area contributed by atoms with Gasteiger partial charge in [-0.2, -0.15) is 8.42 Å². The molecule has 1 heterocycles. The standard InChI is InChI=1S/C15H11NO4S/c17-21(18,19)14-7-5-11-9-13(6-4-12(11)10-14)20-15-3-1-2-8-16-15/h1-10H,(H,17,18,19). The minimum Gasteiger partial charge on any atom is -0.439 e. The monoisotopic (exact) mass is 301 g/mol. The molecule has 0 aliphatic carbocycles. The van der Waals surface area contributed by atoms with Gasteiger partial charge in [0.15, 0.2) is 0 Å². The van der Waals surface area contributed by atoms with Crippen LogP contribution in [0.4, 0.5) is 0 Å². The molecule has 0 unspecified atom stereocenters. The first kappa shape index (κ1) is 13.5. The fraction of sp³-hybridized carbons (Fsp3) is 0. The van der Waals surface area contributed by atoms with E-state index in [1.54, 1.807) is 42.6 Å². The summed E-state index contributed by atoms with van der Waals surface area (Å²) in [4.78, 5) is 3.93. The molecule has 0 bridgehead atoms. The Bertz CT molecular complexity index is 892.